The van der Waals surface area contributed by atoms with Crippen molar-refractivity contribution in [3.05, 3.63) is 0 Å². The molecule has 41 heavy (non-hydrogen) atoms. The monoisotopic (exact) mass is 594 g/mol. The van der Waals surface area contributed by atoms with Gasteiger partial charge in [-0.3, -0.25) is 14.4 Å². The molecular formula is C26H46N2O13. The zero-order valence-electron chi connectivity index (χ0n) is 23.8. The van der Waals surface area contributed by atoms with Gasteiger partial charge in [-0.15, -0.1) is 0 Å². The third-order valence-electron chi connectivity index (χ3n) is 6.88. The Morgan fingerprint density at radius 2 is 1.32 bits per heavy atom. The highest BCUT2D eigenvalue weighted by atomic mass is 16.7. The number of rotatable bonds is 16. The predicted molar refractivity (Wildman–Crippen MR) is 140 cm³/mol. The Bertz CT molecular complexity index is 818. The van der Waals surface area contributed by atoms with Crippen LogP contribution in [-0.2, 0) is 38.1 Å². The number of esters is 1. The molecule has 15 nitrogen and oxygen atoms in total. The first-order valence-electron chi connectivity index (χ1n) is 14.1. The first kappa shape index (κ1) is 35.2. The van der Waals surface area contributed by atoms with Crippen LogP contribution in [0.1, 0.15) is 59.3 Å². The molecule has 10 unspecified atom stereocenters. The van der Waals surface area contributed by atoms with Crippen LogP contribution in [0.2, 0.25) is 0 Å². The first-order chi connectivity index (χ1) is 19.5. The van der Waals surface area contributed by atoms with Gasteiger partial charge in [-0.05, 0) is 19.8 Å². The summed E-state index contributed by atoms with van der Waals surface area (Å²) in [7, 11) is 0. The summed E-state index contributed by atoms with van der Waals surface area (Å²) in [6.07, 6.45) is -6.71. The second-order valence-electron chi connectivity index (χ2n) is 10.2. The lowest BCUT2D eigenvalue weighted by Crippen LogP contribution is -2.69. The standard InChI is InChI=1S/C26H46N2O13/c1-4-37-18(33)10-8-6-5-7-9-11-38-25-20(28-15(3)32)23(36)24(17(13-30)40-25)41-26-19(27-14(2)31)22(35)21(34)16(12-29)39-26/h16-17,19-26,29-30,34-36H,4-13H2,1-3H3,(H,27,31)(H,28,32). The highest BCUT2D eigenvalue weighted by Gasteiger charge is 2.51. The molecule has 0 aromatic heterocycles. The normalized spacial score (nSPS) is 33.7. The maximum absolute atomic E-state index is 11.9. The van der Waals surface area contributed by atoms with Crippen LogP contribution in [-0.4, -0.2) is 131 Å². The second-order valence-corrected chi connectivity index (χ2v) is 10.2. The van der Waals surface area contributed by atoms with Crippen LogP contribution in [0.3, 0.4) is 0 Å². The quantitative estimate of drug-likeness (QED) is 0.0747. The molecule has 7 N–H and O–H groups in total. The van der Waals surface area contributed by atoms with Gasteiger partial charge in [0.05, 0.1) is 19.8 Å². The lowest BCUT2D eigenvalue weighted by atomic mass is 9.94. The number of carbonyl (C=O) groups excluding carboxylic acids is 3. The van der Waals surface area contributed by atoms with Gasteiger partial charge in [0, 0.05) is 26.9 Å². The number of unbranched alkanes of at least 4 members (excludes halogenated alkanes) is 4. The number of amides is 2. The molecule has 15 heteroatoms. The zero-order valence-corrected chi connectivity index (χ0v) is 23.8. The molecule has 2 aliphatic rings. The Morgan fingerprint density at radius 1 is 0.756 bits per heavy atom. The summed E-state index contributed by atoms with van der Waals surface area (Å²) in [5, 5.41) is 56.6. The van der Waals surface area contributed by atoms with Gasteiger partial charge in [-0.25, -0.2) is 0 Å². The molecule has 2 rings (SSSR count). The van der Waals surface area contributed by atoms with E-state index < -0.39 is 86.3 Å². The fourth-order valence-electron chi connectivity index (χ4n) is 4.84. The molecule has 0 saturated carbocycles. The number of carbonyl (C=O) groups is 3. The molecule has 0 radical (unpaired) electrons. The van der Waals surface area contributed by atoms with Crippen molar-refractivity contribution >= 4 is 17.8 Å². The number of hydrogen-bond acceptors (Lipinski definition) is 13. The summed E-state index contributed by atoms with van der Waals surface area (Å²) >= 11 is 0. The molecule has 2 amide bonds. The average Bonchev–Trinajstić information content (AvgIpc) is 2.92. The summed E-state index contributed by atoms with van der Waals surface area (Å²) in [6.45, 7) is 3.48. The van der Waals surface area contributed by atoms with Crippen molar-refractivity contribution in [2.24, 2.45) is 0 Å². The van der Waals surface area contributed by atoms with Crippen molar-refractivity contribution < 1.29 is 63.6 Å². The van der Waals surface area contributed by atoms with Crippen LogP contribution >= 0.6 is 0 Å². The molecule has 10 atom stereocenters. The van der Waals surface area contributed by atoms with Crippen LogP contribution in [0, 0.1) is 0 Å². The molecule has 2 heterocycles. The van der Waals surface area contributed by atoms with Crippen molar-refractivity contribution in [3.63, 3.8) is 0 Å². The van der Waals surface area contributed by atoms with Crippen molar-refractivity contribution in [3.8, 4) is 0 Å². The van der Waals surface area contributed by atoms with Crippen LogP contribution in [0.4, 0.5) is 0 Å². The van der Waals surface area contributed by atoms with Gasteiger partial charge >= 0.3 is 5.97 Å². The first-order valence-corrected chi connectivity index (χ1v) is 14.1. The van der Waals surface area contributed by atoms with Gasteiger partial charge in [0.2, 0.25) is 11.8 Å². The molecule has 2 fully saturated rings. The third kappa shape index (κ3) is 10.7. The Balaban J connectivity index is 2.02. The van der Waals surface area contributed by atoms with E-state index in [9.17, 15) is 39.9 Å². The highest BCUT2D eigenvalue weighted by molar-refractivity contribution is 5.73. The number of ether oxygens (including phenoxy) is 5. The summed E-state index contributed by atoms with van der Waals surface area (Å²) in [4.78, 5) is 35.1. The maximum atomic E-state index is 11.9. The predicted octanol–water partition coefficient (Wildman–Crippen LogP) is -2.18. The van der Waals surface area contributed by atoms with E-state index >= 15 is 0 Å². The number of aliphatic hydroxyl groups excluding tert-OH is 5. The Morgan fingerprint density at radius 3 is 1.90 bits per heavy atom. The minimum atomic E-state index is -1.59. The average molecular weight is 595 g/mol. The molecule has 238 valence electrons. The van der Waals surface area contributed by atoms with Gasteiger partial charge in [0.15, 0.2) is 12.6 Å². The van der Waals surface area contributed by atoms with Gasteiger partial charge < -0.3 is 59.9 Å². The van der Waals surface area contributed by atoms with Crippen molar-refractivity contribution in [1.82, 2.24) is 10.6 Å². The second kappa shape index (κ2) is 17.9. The van der Waals surface area contributed by atoms with Gasteiger partial charge in [-0.2, -0.15) is 0 Å². The Kier molecular flexibility index (Phi) is 15.4. The van der Waals surface area contributed by atoms with Crippen molar-refractivity contribution in [1.29, 1.82) is 0 Å². The lowest BCUT2D eigenvalue weighted by Gasteiger charge is -2.48. The summed E-state index contributed by atoms with van der Waals surface area (Å²) in [5.74, 6) is -1.27. The largest absolute Gasteiger partial charge is 0.466 e. The summed E-state index contributed by atoms with van der Waals surface area (Å²) in [6, 6.07) is -2.40. The van der Waals surface area contributed by atoms with E-state index in [1.165, 1.54) is 13.8 Å². The lowest BCUT2D eigenvalue weighted by molar-refractivity contribution is -0.332. The smallest absolute Gasteiger partial charge is 0.305 e. The van der Waals surface area contributed by atoms with Crippen LogP contribution in [0.15, 0.2) is 0 Å². The Hall–Kier alpha value is -1.95. The van der Waals surface area contributed by atoms with E-state index in [0.29, 0.717) is 19.4 Å². The fourth-order valence-corrected chi connectivity index (χ4v) is 4.84. The summed E-state index contributed by atoms with van der Waals surface area (Å²) < 4.78 is 28.0. The van der Waals surface area contributed by atoms with Gasteiger partial charge in [0.25, 0.3) is 0 Å². The van der Waals surface area contributed by atoms with E-state index in [1.54, 1.807) is 6.92 Å². The van der Waals surface area contributed by atoms with Crippen LogP contribution in [0.25, 0.3) is 0 Å². The SMILES string of the molecule is CCOC(=O)CCCCCCCOC1OC(CO)C(OC2OC(CO)C(O)C(O)C2NC(C)=O)C(O)C1NC(C)=O. The molecule has 2 aliphatic heterocycles. The molecule has 0 bridgehead atoms. The molecular weight excluding hydrogens is 548 g/mol. The van der Waals surface area contributed by atoms with E-state index in [-0.39, 0.29) is 12.6 Å². The van der Waals surface area contributed by atoms with Gasteiger partial charge in [-0.1, -0.05) is 19.3 Å². The van der Waals surface area contributed by atoms with Gasteiger partial charge in [0.1, 0.15) is 48.7 Å². The van der Waals surface area contributed by atoms with E-state index in [1.807, 2.05) is 0 Å². The Labute approximate surface area is 239 Å². The van der Waals surface area contributed by atoms with Crippen LogP contribution < -0.4 is 10.6 Å². The molecule has 0 aromatic rings. The molecule has 0 aliphatic carbocycles. The topological polar surface area (TPSA) is 223 Å². The number of hydrogen-bond donors (Lipinski definition) is 7. The highest BCUT2D eigenvalue weighted by Crippen LogP contribution is 2.30. The number of nitrogens with one attached hydrogen (secondary N) is 2. The molecule has 0 aromatic carbocycles. The third-order valence-corrected chi connectivity index (χ3v) is 6.88. The van der Waals surface area contributed by atoms with Crippen molar-refractivity contribution in [2.75, 3.05) is 26.4 Å². The van der Waals surface area contributed by atoms with Crippen molar-refractivity contribution in [2.45, 2.75) is 121 Å². The summed E-state index contributed by atoms with van der Waals surface area (Å²) in [5.41, 5.74) is 0. The van der Waals surface area contributed by atoms with E-state index in [0.717, 1.165) is 25.7 Å². The van der Waals surface area contributed by atoms with E-state index in [2.05, 4.69) is 10.6 Å². The molecule has 0 spiro atoms. The maximum Gasteiger partial charge on any atom is 0.305 e. The fraction of sp³-hybridized carbons (Fsp3) is 0.885. The molecule has 2 saturated heterocycles. The van der Waals surface area contributed by atoms with Crippen LogP contribution in [0.5, 0.6) is 0 Å². The van der Waals surface area contributed by atoms with E-state index in [4.69, 9.17) is 23.7 Å². The number of aliphatic hydroxyl groups is 5. The minimum Gasteiger partial charge on any atom is -0.466 e. The zero-order chi connectivity index (χ0) is 30.5. The minimum absolute atomic E-state index is 0.212.